The Labute approximate surface area is 207 Å². The largest absolute Gasteiger partial charge is 0.463 e. The van der Waals surface area contributed by atoms with E-state index in [-0.39, 0.29) is 23.7 Å². The Morgan fingerprint density at radius 3 is 2.14 bits per heavy atom. The van der Waals surface area contributed by atoms with Crippen LogP contribution >= 0.6 is 0 Å². The number of ether oxygens (including phenoxy) is 2. The molecule has 0 unspecified atom stereocenters. The zero-order valence-electron chi connectivity index (χ0n) is 20.8. The maximum Gasteiger partial charge on any atom is 0.333 e. The van der Waals surface area contributed by atoms with Crippen LogP contribution < -0.4 is 0 Å². The van der Waals surface area contributed by atoms with Gasteiger partial charge in [0.15, 0.2) is 0 Å². The first-order valence-electron chi connectivity index (χ1n) is 12.6. The highest BCUT2D eigenvalue weighted by Gasteiger charge is 2.20. The molecule has 35 heavy (non-hydrogen) atoms. The summed E-state index contributed by atoms with van der Waals surface area (Å²) in [5.41, 5.74) is 2.40. The smallest absolute Gasteiger partial charge is 0.333 e. The average Bonchev–Trinajstić information content (AvgIpc) is 2.87. The highest BCUT2D eigenvalue weighted by atomic mass is 19.1. The molecular formula is C29H37F2NO3. The second-order valence-corrected chi connectivity index (χ2v) is 9.18. The predicted octanol–water partition coefficient (Wildman–Crippen LogP) is 6.46. The number of rotatable bonds is 12. The van der Waals surface area contributed by atoms with Crippen molar-refractivity contribution in [3.8, 4) is 0 Å². The van der Waals surface area contributed by atoms with Crippen molar-refractivity contribution in [2.75, 3.05) is 32.8 Å². The normalized spacial score (nSPS) is 15.5. The lowest BCUT2D eigenvalue weighted by Crippen LogP contribution is -2.36. The summed E-state index contributed by atoms with van der Waals surface area (Å²) in [4.78, 5) is 14.1. The first-order chi connectivity index (χ1) is 17.0. The van der Waals surface area contributed by atoms with Gasteiger partial charge in [-0.1, -0.05) is 36.8 Å². The van der Waals surface area contributed by atoms with Crippen molar-refractivity contribution in [3.05, 3.63) is 82.9 Å². The van der Waals surface area contributed by atoms with Gasteiger partial charge >= 0.3 is 5.97 Å². The molecule has 6 heteroatoms. The van der Waals surface area contributed by atoms with Gasteiger partial charge in [-0.2, -0.15) is 0 Å². The van der Waals surface area contributed by atoms with Crippen LogP contribution in [0, 0.1) is 17.6 Å². The molecule has 2 aromatic rings. The van der Waals surface area contributed by atoms with Gasteiger partial charge in [0.1, 0.15) is 17.7 Å². The van der Waals surface area contributed by atoms with Crippen LogP contribution in [0.15, 0.2) is 60.2 Å². The molecule has 1 saturated heterocycles. The van der Waals surface area contributed by atoms with Crippen molar-refractivity contribution in [3.63, 3.8) is 0 Å². The van der Waals surface area contributed by atoms with E-state index in [0.717, 1.165) is 49.5 Å². The van der Waals surface area contributed by atoms with Gasteiger partial charge in [0.2, 0.25) is 0 Å². The van der Waals surface area contributed by atoms with E-state index in [2.05, 4.69) is 4.90 Å². The van der Waals surface area contributed by atoms with Crippen LogP contribution in [0.4, 0.5) is 8.78 Å². The van der Waals surface area contributed by atoms with Gasteiger partial charge in [-0.15, -0.1) is 0 Å². The van der Waals surface area contributed by atoms with E-state index in [1.807, 2.05) is 19.9 Å². The van der Waals surface area contributed by atoms with Gasteiger partial charge in [0.05, 0.1) is 13.2 Å². The fourth-order valence-corrected chi connectivity index (χ4v) is 4.51. The number of halogens is 2. The van der Waals surface area contributed by atoms with Crippen molar-refractivity contribution in [1.82, 2.24) is 4.90 Å². The van der Waals surface area contributed by atoms with Gasteiger partial charge in [-0.3, -0.25) is 0 Å². The Balaban J connectivity index is 1.41. The number of hydrogen-bond acceptors (Lipinski definition) is 4. The Hall–Kier alpha value is -2.57. The van der Waals surface area contributed by atoms with E-state index in [9.17, 15) is 13.6 Å². The maximum atomic E-state index is 13.4. The van der Waals surface area contributed by atoms with Crippen LogP contribution in [0.25, 0.3) is 0 Å². The van der Waals surface area contributed by atoms with E-state index in [1.54, 1.807) is 24.3 Å². The number of nitrogens with zero attached hydrogens (tertiary/aromatic N) is 1. The standard InChI is InChI=1S/C29H37F2NO3/c1-3-34-29(33)22(2)6-4-5-7-23-16-18-32(19-17-23)20-21-35-28(24-8-12-26(30)13-9-24)25-10-14-27(31)15-11-25/h6,8-15,23,28H,3-5,7,16-21H2,1-2H3. The van der Waals surface area contributed by atoms with Crippen LogP contribution in [-0.2, 0) is 14.3 Å². The molecule has 0 saturated carbocycles. The van der Waals surface area contributed by atoms with E-state index in [4.69, 9.17) is 9.47 Å². The van der Waals surface area contributed by atoms with Gasteiger partial charge in [-0.05, 0) is 93.9 Å². The molecule has 0 spiro atoms. The molecule has 0 bridgehead atoms. The highest BCUT2D eigenvalue weighted by Crippen LogP contribution is 2.27. The number of esters is 1. The van der Waals surface area contributed by atoms with Gasteiger partial charge in [-0.25, -0.2) is 13.6 Å². The van der Waals surface area contributed by atoms with Crippen molar-refractivity contribution >= 4 is 5.97 Å². The fourth-order valence-electron chi connectivity index (χ4n) is 4.51. The fraction of sp³-hybridized carbons (Fsp3) is 0.483. The van der Waals surface area contributed by atoms with Crippen LogP contribution in [0.5, 0.6) is 0 Å². The summed E-state index contributed by atoms with van der Waals surface area (Å²) in [7, 11) is 0. The first kappa shape index (κ1) is 27.0. The zero-order valence-corrected chi connectivity index (χ0v) is 20.8. The molecule has 2 aromatic carbocycles. The van der Waals surface area contributed by atoms with Crippen LogP contribution in [0.1, 0.15) is 63.2 Å². The summed E-state index contributed by atoms with van der Waals surface area (Å²) in [6, 6.07) is 12.6. The monoisotopic (exact) mass is 485 g/mol. The number of hydrogen-bond donors (Lipinski definition) is 0. The Bertz CT molecular complexity index is 890. The minimum Gasteiger partial charge on any atom is -0.463 e. The molecule has 0 aromatic heterocycles. The molecule has 1 aliphatic heterocycles. The number of unbranched alkanes of at least 4 members (excludes halogenated alkanes) is 1. The van der Waals surface area contributed by atoms with Gasteiger partial charge in [0, 0.05) is 12.1 Å². The molecule has 0 radical (unpaired) electrons. The average molecular weight is 486 g/mol. The van der Waals surface area contributed by atoms with Crippen molar-refractivity contribution in [2.24, 2.45) is 5.92 Å². The number of likely N-dealkylation sites (tertiary alicyclic amines) is 1. The Kier molecular flexibility index (Phi) is 10.9. The third-order valence-electron chi connectivity index (χ3n) is 6.61. The van der Waals surface area contributed by atoms with E-state index in [1.165, 1.54) is 43.5 Å². The Morgan fingerprint density at radius 2 is 1.60 bits per heavy atom. The highest BCUT2D eigenvalue weighted by molar-refractivity contribution is 5.87. The molecule has 1 aliphatic rings. The molecular weight excluding hydrogens is 448 g/mol. The summed E-state index contributed by atoms with van der Waals surface area (Å²) in [6.07, 6.45) is 7.13. The van der Waals surface area contributed by atoms with E-state index >= 15 is 0 Å². The molecule has 0 atom stereocenters. The molecule has 0 amide bonds. The van der Waals surface area contributed by atoms with E-state index < -0.39 is 0 Å². The summed E-state index contributed by atoms with van der Waals surface area (Å²) >= 11 is 0. The summed E-state index contributed by atoms with van der Waals surface area (Å²) in [5.74, 6) is -0.0852. The second-order valence-electron chi connectivity index (χ2n) is 9.18. The minimum absolute atomic E-state index is 0.218. The van der Waals surface area contributed by atoms with Crippen LogP contribution in [0.3, 0.4) is 0 Å². The van der Waals surface area contributed by atoms with Crippen molar-refractivity contribution in [2.45, 2.75) is 52.1 Å². The minimum atomic E-state index is -0.361. The molecule has 0 aliphatic carbocycles. The van der Waals surface area contributed by atoms with Gasteiger partial charge in [0.25, 0.3) is 0 Å². The molecule has 0 N–H and O–H groups in total. The number of piperidine rings is 1. The Morgan fingerprint density at radius 1 is 1.03 bits per heavy atom. The number of carbonyl (C=O) groups is 1. The molecule has 1 fully saturated rings. The third-order valence-corrected chi connectivity index (χ3v) is 6.61. The molecule has 4 nitrogen and oxygen atoms in total. The lowest BCUT2D eigenvalue weighted by Gasteiger charge is -2.32. The zero-order chi connectivity index (χ0) is 25.0. The van der Waals surface area contributed by atoms with Crippen LogP contribution in [-0.4, -0.2) is 43.7 Å². The maximum absolute atomic E-state index is 13.4. The SMILES string of the molecule is CCOC(=O)C(C)=CCCCC1CCN(CCOC(c2ccc(F)cc2)c2ccc(F)cc2)CC1. The quantitative estimate of drug-likeness (QED) is 0.196. The number of allylic oxidation sites excluding steroid dienone is 1. The second kappa shape index (κ2) is 14.1. The third kappa shape index (κ3) is 8.86. The molecule has 190 valence electrons. The summed E-state index contributed by atoms with van der Waals surface area (Å²) in [6.45, 7) is 7.50. The van der Waals surface area contributed by atoms with Crippen LogP contribution in [0.2, 0.25) is 0 Å². The predicted molar refractivity (Wildman–Crippen MR) is 134 cm³/mol. The van der Waals surface area contributed by atoms with Crippen molar-refractivity contribution in [1.29, 1.82) is 0 Å². The molecule has 1 heterocycles. The summed E-state index contributed by atoms with van der Waals surface area (Å²) in [5, 5.41) is 0. The van der Waals surface area contributed by atoms with Crippen molar-refractivity contribution < 1.29 is 23.0 Å². The topological polar surface area (TPSA) is 38.8 Å². The lowest BCUT2D eigenvalue weighted by atomic mass is 9.91. The summed E-state index contributed by atoms with van der Waals surface area (Å²) < 4.78 is 38.1. The first-order valence-corrected chi connectivity index (χ1v) is 12.6. The van der Waals surface area contributed by atoms with E-state index in [0.29, 0.717) is 18.8 Å². The number of carbonyl (C=O) groups excluding carboxylic acids is 1. The number of benzene rings is 2. The van der Waals surface area contributed by atoms with Gasteiger partial charge < -0.3 is 14.4 Å². The molecule has 3 rings (SSSR count). The lowest BCUT2D eigenvalue weighted by molar-refractivity contribution is -0.138.